The topological polar surface area (TPSA) is 84.9 Å². The van der Waals surface area contributed by atoms with Crippen molar-refractivity contribution in [2.45, 2.75) is 4.90 Å². The Kier molecular flexibility index (Phi) is 5.87. The van der Waals surface area contributed by atoms with Crippen molar-refractivity contribution >= 4 is 15.9 Å². The molecule has 0 aliphatic carbocycles. The molecule has 2 aromatic carbocycles. The van der Waals surface area contributed by atoms with Gasteiger partial charge in [-0.1, -0.05) is 11.8 Å². The number of rotatable bonds is 4. The third kappa shape index (κ3) is 4.63. The van der Waals surface area contributed by atoms with E-state index in [4.69, 9.17) is 9.47 Å². The number of sulfonamides is 1. The highest BCUT2D eigenvalue weighted by Gasteiger charge is 2.18. The van der Waals surface area contributed by atoms with Gasteiger partial charge < -0.3 is 14.4 Å². The van der Waals surface area contributed by atoms with E-state index < -0.39 is 10.0 Å². The van der Waals surface area contributed by atoms with Gasteiger partial charge in [-0.3, -0.25) is 4.79 Å². The smallest absolute Gasteiger partial charge is 0.253 e. The first-order chi connectivity index (χ1) is 13.4. The Hall–Kier alpha value is -3.02. The van der Waals surface area contributed by atoms with Crippen molar-refractivity contribution in [3.63, 3.8) is 0 Å². The maximum Gasteiger partial charge on any atom is 0.253 e. The number of carbonyl (C=O) groups is 1. The lowest BCUT2D eigenvalue weighted by atomic mass is 10.1. The lowest BCUT2D eigenvalue weighted by molar-refractivity contribution is 0.0827. The summed E-state index contributed by atoms with van der Waals surface area (Å²) in [4.78, 5) is 13.4. The maximum absolute atomic E-state index is 12.4. The molecule has 0 spiro atoms. The van der Waals surface area contributed by atoms with Gasteiger partial charge in [-0.25, -0.2) is 8.42 Å². The minimum absolute atomic E-state index is 0.0465. The van der Waals surface area contributed by atoms with Crippen LogP contribution in [0.15, 0.2) is 47.4 Å². The number of carbonyl (C=O) groups excluding carboxylic acids is 1. The Labute approximate surface area is 164 Å². The number of amides is 1. The van der Waals surface area contributed by atoms with Gasteiger partial charge in [0.05, 0.1) is 11.4 Å². The molecule has 28 heavy (non-hydrogen) atoms. The predicted molar refractivity (Wildman–Crippen MR) is 104 cm³/mol. The fourth-order valence-electron chi connectivity index (χ4n) is 2.51. The predicted octanol–water partition coefficient (Wildman–Crippen LogP) is 1.49. The second-order valence-electron chi connectivity index (χ2n) is 6.21. The van der Waals surface area contributed by atoms with Crippen molar-refractivity contribution < 1.29 is 22.7 Å². The monoisotopic (exact) mass is 400 g/mol. The number of hydrogen-bond donors (Lipinski definition) is 1. The molecule has 1 aliphatic heterocycles. The molecule has 0 atom stereocenters. The molecule has 1 heterocycles. The molecular formula is C20H20N2O5S. The van der Waals surface area contributed by atoms with Crippen LogP contribution in [0.2, 0.25) is 0 Å². The van der Waals surface area contributed by atoms with E-state index in [1.807, 2.05) is 0 Å². The van der Waals surface area contributed by atoms with E-state index in [1.165, 1.54) is 17.0 Å². The molecule has 1 N–H and O–H groups in total. The Balaban J connectivity index is 1.62. The zero-order valence-corrected chi connectivity index (χ0v) is 16.4. The summed E-state index contributed by atoms with van der Waals surface area (Å²) < 4.78 is 38.0. The van der Waals surface area contributed by atoms with Gasteiger partial charge in [0.1, 0.15) is 13.2 Å². The van der Waals surface area contributed by atoms with Crippen LogP contribution in [0, 0.1) is 11.8 Å². The number of benzene rings is 2. The fourth-order valence-corrected chi connectivity index (χ4v) is 3.44. The molecule has 8 heteroatoms. The molecular weight excluding hydrogens is 380 g/mol. The van der Waals surface area contributed by atoms with Crippen molar-refractivity contribution in [3.05, 3.63) is 53.6 Å². The summed E-state index contributed by atoms with van der Waals surface area (Å²) in [5.41, 5.74) is 1.25. The van der Waals surface area contributed by atoms with E-state index in [1.54, 1.807) is 44.4 Å². The van der Waals surface area contributed by atoms with Gasteiger partial charge in [-0.15, -0.1) is 0 Å². The van der Waals surface area contributed by atoms with Crippen LogP contribution in [0.1, 0.15) is 15.9 Å². The van der Waals surface area contributed by atoms with Gasteiger partial charge in [0.15, 0.2) is 11.5 Å². The lowest BCUT2D eigenvalue weighted by Crippen LogP contribution is -2.24. The molecule has 1 amide bonds. The van der Waals surface area contributed by atoms with Crippen LogP contribution in [-0.2, 0) is 10.0 Å². The first kappa shape index (κ1) is 19.7. The van der Waals surface area contributed by atoms with Gasteiger partial charge >= 0.3 is 0 Å². The molecule has 0 fully saturated rings. The van der Waals surface area contributed by atoms with Crippen molar-refractivity contribution in [2.24, 2.45) is 0 Å². The van der Waals surface area contributed by atoms with Gasteiger partial charge in [-0.2, -0.15) is 4.72 Å². The summed E-state index contributed by atoms with van der Waals surface area (Å²) in [6, 6.07) is 11.3. The molecule has 146 valence electrons. The Morgan fingerprint density at radius 3 is 2.43 bits per heavy atom. The Morgan fingerprint density at radius 1 is 1.07 bits per heavy atom. The van der Waals surface area contributed by atoms with Crippen LogP contribution < -0.4 is 14.2 Å². The molecule has 0 saturated heterocycles. The van der Waals surface area contributed by atoms with Crippen LogP contribution in [0.25, 0.3) is 0 Å². The third-order valence-corrected chi connectivity index (χ3v) is 5.34. The molecule has 0 radical (unpaired) electrons. The summed E-state index contributed by atoms with van der Waals surface area (Å²) in [7, 11) is -0.345. The Bertz CT molecular complexity index is 1030. The summed E-state index contributed by atoms with van der Waals surface area (Å²) in [6.45, 7) is 0.778. The summed E-state index contributed by atoms with van der Waals surface area (Å²) in [5, 5.41) is 0. The van der Waals surface area contributed by atoms with Crippen LogP contribution in [-0.4, -0.2) is 53.1 Å². The molecule has 2 aromatic rings. The van der Waals surface area contributed by atoms with Crippen molar-refractivity contribution in [3.8, 4) is 23.3 Å². The third-order valence-electron chi connectivity index (χ3n) is 3.95. The molecule has 0 aromatic heterocycles. The SMILES string of the molecule is CN(C)C(=O)c1ccc(C#CCNS(=O)(=O)c2ccc3c(c2)OCCO3)cc1. The quantitative estimate of drug-likeness (QED) is 0.786. The van der Waals surface area contributed by atoms with Crippen molar-refractivity contribution in [1.29, 1.82) is 0 Å². The van der Waals surface area contributed by atoms with E-state index in [-0.39, 0.29) is 17.3 Å². The van der Waals surface area contributed by atoms with E-state index >= 15 is 0 Å². The van der Waals surface area contributed by atoms with E-state index in [9.17, 15) is 13.2 Å². The minimum atomic E-state index is -3.71. The molecule has 3 rings (SSSR count). The van der Waals surface area contributed by atoms with E-state index in [0.29, 0.717) is 35.8 Å². The second-order valence-corrected chi connectivity index (χ2v) is 7.98. The second kappa shape index (κ2) is 8.33. The van der Waals surface area contributed by atoms with Crippen LogP contribution in [0.3, 0.4) is 0 Å². The van der Waals surface area contributed by atoms with Crippen molar-refractivity contribution in [2.75, 3.05) is 33.9 Å². The van der Waals surface area contributed by atoms with Crippen LogP contribution in [0.5, 0.6) is 11.5 Å². The number of hydrogen-bond acceptors (Lipinski definition) is 5. The average molecular weight is 400 g/mol. The van der Waals surface area contributed by atoms with Crippen molar-refractivity contribution in [1.82, 2.24) is 9.62 Å². The molecule has 0 bridgehead atoms. The molecule has 0 unspecified atom stereocenters. The van der Waals surface area contributed by atoms with Crippen LogP contribution in [0.4, 0.5) is 0 Å². The Morgan fingerprint density at radius 2 is 1.75 bits per heavy atom. The highest BCUT2D eigenvalue weighted by atomic mass is 32.2. The highest BCUT2D eigenvalue weighted by Crippen LogP contribution is 2.32. The maximum atomic E-state index is 12.4. The zero-order valence-electron chi connectivity index (χ0n) is 15.6. The zero-order chi connectivity index (χ0) is 20.1. The van der Waals surface area contributed by atoms with E-state index in [2.05, 4.69) is 16.6 Å². The summed E-state index contributed by atoms with van der Waals surface area (Å²) in [6.07, 6.45) is 0. The highest BCUT2D eigenvalue weighted by molar-refractivity contribution is 7.89. The number of ether oxygens (including phenoxy) is 2. The number of nitrogens with one attached hydrogen (secondary N) is 1. The lowest BCUT2D eigenvalue weighted by Gasteiger charge is -2.18. The van der Waals surface area contributed by atoms with E-state index in [0.717, 1.165) is 0 Å². The summed E-state index contributed by atoms with van der Waals surface area (Å²) in [5.74, 6) is 6.48. The minimum Gasteiger partial charge on any atom is -0.486 e. The molecule has 7 nitrogen and oxygen atoms in total. The largest absolute Gasteiger partial charge is 0.486 e. The first-order valence-corrected chi connectivity index (χ1v) is 10.0. The fraction of sp³-hybridized carbons (Fsp3) is 0.250. The average Bonchev–Trinajstić information content (AvgIpc) is 2.70. The normalized spacial score (nSPS) is 12.6. The van der Waals surface area contributed by atoms with Gasteiger partial charge in [-0.05, 0) is 36.4 Å². The van der Waals surface area contributed by atoms with Gasteiger partial charge in [0.25, 0.3) is 5.91 Å². The first-order valence-electron chi connectivity index (χ1n) is 8.57. The summed E-state index contributed by atoms with van der Waals surface area (Å²) >= 11 is 0. The number of nitrogens with zero attached hydrogens (tertiary/aromatic N) is 1. The van der Waals surface area contributed by atoms with Gasteiger partial charge in [0.2, 0.25) is 10.0 Å². The molecule has 1 aliphatic rings. The molecule has 0 saturated carbocycles. The standard InChI is InChI=1S/C20H20N2O5S/c1-22(2)20(23)16-7-5-15(6-8-16)4-3-11-21-28(24,25)17-9-10-18-19(14-17)27-13-12-26-18/h5-10,14,21H,11-13H2,1-2H3. The van der Waals surface area contributed by atoms with Gasteiger partial charge in [0, 0.05) is 31.3 Å². The van der Waals surface area contributed by atoms with Crippen LogP contribution >= 0.6 is 0 Å². The number of fused-ring (bicyclic) bond motifs is 1.